The molecule has 3 saturated heterocycles. The summed E-state index contributed by atoms with van der Waals surface area (Å²) in [5.41, 5.74) is 4.62. The van der Waals surface area contributed by atoms with Crippen molar-refractivity contribution in [2.45, 2.75) is 43.8 Å². The summed E-state index contributed by atoms with van der Waals surface area (Å²) in [6.07, 6.45) is 2.14. The van der Waals surface area contributed by atoms with Crippen molar-refractivity contribution in [2.24, 2.45) is 0 Å². The third kappa shape index (κ3) is 3.84. The summed E-state index contributed by atoms with van der Waals surface area (Å²) in [6, 6.07) is -2.63. The largest absolute Gasteiger partial charge is 0.418 e. The molecule has 25 heavy (non-hydrogen) atoms. The second kappa shape index (κ2) is 6.74. The van der Waals surface area contributed by atoms with Crippen molar-refractivity contribution in [3.8, 4) is 0 Å². The first kappa shape index (κ1) is 17.8. The van der Waals surface area contributed by atoms with E-state index in [1.54, 1.807) is 0 Å². The lowest BCUT2D eigenvalue weighted by molar-refractivity contribution is -0.132. The van der Waals surface area contributed by atoms with E-state index in [-0.39, 0.29) is 24.9 Å². The number of hydrogen-bond donors (Lipinski definition) is 4. The van der Waals surface area contributed by atoms with Crippen LogP contribution in [0.5, 0.6) is 0 Å². The highest BCUT2D eigenvalue weighted by Gasteiger charge is 2.49. The van der Waals surface area contributed by atoms with Gasteiger partial charge in [-0.1, -0.05) is 0 Å². The zero-order valence-corrected chi connectivity index (χ0v) is 14.0. The van der Waals surface area contributed by atoms with Crippen molar-refractivity contribution in [1.29, 1.82) is 0 Å². The Balaban J connectivity index is 1.57. The lowest BCUT2D eigenvalue weighted by Crippen LogP contribution is -2.56. The lowest BCUT2D eigenvalue weighted by atomic mass is 10.0. The average molecular weight is 377 g/mol. The van der Waals surface area contributed by atoms with E-state index >= 15 is 0 Å². The summed E-state index contributed by atoms with van der Waals surface area (Å²) in [4.78, 5) is 37.5. The normalized spacial score (nSPS) is 29.0. The van der Waals surface area contributed by atoms with Crippen molar-refractivity contribution in [1.82, 2.24) is 26.1 Å². The molecule has 0 aromatic carbocycles. The van der Waals surface area contributed by atoms with E-state index in [4.69, 9.17) is 4.55 Å². The van der Waals surface area contributed by atoms with Crippen LogP contribution in [0.25, 0.3) is 0 Å². The average Bonchev–Trinajstić information content (AvgIpc) is 3.16. The van der Waals surface area contributed by atoms with E-state index in [0.717, 1.165) is 17.9 Å². The van der Waals surface area contributed by atoms with Crippen molar-refractivity contribution < 1.29 is 31.6 Å². The van der Waals surface area contributed by atoms with E-state index < -0.39 is 34.4 Å². The second-order valence-electron chi connectivity index (χ2n) is 6.14. The van der Waals surface area contributed by atoms with E-state index in [9.17, 15) is 22.8 Å². The van der Waals surface area contributed by atoms with Gasteiger partial charge in [0.05, 0.1) is 12.1 Å². The Labute approximate surface area is 143 Å². The molecule has 3 aliphatic heterocycles. The summed E-state index contributed by atoms with van der Waals surface area (Å²) in [5.74, 6) is -0.935. The van der Waals surface area contributed by atoms with E-state index in [1.807, 2.05) is 0 Å². The minimum atomic E-state index is -4.83. The molecule has 0 radical (unpaired) electrons. The molecule has 140 valence electrons. The predicted octanol–water partition coefficient (Wildman–Crippen LogP) is -2.11. The molecule has 13 heteroatoms. The SMILES string of the molecule is O=C(NNC(=O)[C@H]1CCCN1)[C@H]1CC[C@@H]2CN1C(=O)N2OS(=O)(=O)O. The third-order valence-electron chi connectivity index (χ3n) is 4.49. The Hall–Kier alpha value is -1.96. The maximum absolute atomic E-state index is 12.3. The number of amides is 4. The number of fused-ring (bicyclic) bond motifs is 2. The summed E-state index contributed by atoms with van der Waals surface area (Å²) in [7, 11) is -4.83. The Bertz CT molecular complexity index is 677. The number of hydroxylamine groups is 2. The number of hydrogen-bond acceptors (Lipinski definition) is 7. The van der Waals surface area contributed by atoms with E-state index in [1.165, 1.54) is 0 Å². The van der Waals surface area contributed by atoms with Gasteiger partial charge in [0.15, 0.2) is 0 Å². The molecule has 3 fully saturated rings. The van der Waals surface area contributed by atoms with Crippen molar-refractivity contribution in [3.05, 3.63) is 0 Å². The van der Waals surface area contributed by atoms with Gasteiger partial charge >= 0.3 is 16.4 Å². The fourth-order valence-corrected chi connectivity index (χ4v) is 3.69. The van der Waals surface area contributed by atoms with Crippen LogP contribution in [0.3, 0.4) is 0 Å². The number of carbonyl (C=O) groups excluding carboxylic acids is 3. The highest BCUT2D eigenvalue weighted by atomic mass is 32.3. The highest BCUT2D eigenvalue weighted by Crippen LogP contribution is 2.30. The number of urea groups is 1. The molecule has 3 heterocycles. The van der Waals surface area contributed by atoms with Crippen LogP contribution >= 0.6 is 0 Å². The molecular weight excluding hydrogens is 358 g/mol. The van der Waals surface area contributed by atoms with Gasteiger partial charge in [-0.05, 0) is 32.2 Å². The Morgan fingerprint density at radius 2 is 1.92 bits per heavy atom. The maximum Gasteiger partial charge on any atom is 0.418 e. The van der Waals surface area contributed by atoms with Gasteiger partial charge in [0.1, 0.15) is 6.04 Å². The van der Waals surface area contributed by atoms with E-state index in [0.29, 0.717) is 17.9 Å². The van der Waals surface area contributed by atoms with Crippen LogP contribution in [0.15, 0.2) is 0 Å². The molecule has 0 spiro atoms. The molecule has 3 aliphatic rings. The van der Waals surface area contributed by atoms with Crippen LogP contribution < -0.4 is 16.2 Å². The van der Waals surface area contributed by atoms with Gasteiger partial charge in [0.25, 0.3) is 11.8 Å². The second-order valence-corrected chi connectivity index (χ2v) is 7.14. The van der Waals surface area contributed by atoms with Gasteiger partial charge in [-0.2, -0.15) is 13.5 Å². The third-order valence-corrected chi connectivity index (χ3v) is 4.83. The molecule has 0 aromatic rings. The molecule has 3 rings (SSSR count). The van der Waals surface area contributed by atoms with Crippen LogP contribution in [-0.4, -0.2) is 72.0 Å². The minimum Gasteiger partial charge on any atom is -0.309 e. The monoisotopic (exact) mass is 377 g/mol. The quantitative estimate of drug-likeness (QED) is 0.320. The van der Waals surface area contributed by atoms with Crippen LogP contribution in [0.2, 0.25) is 0 Å². The lowest BCUT2D eigenvalue weighted by Gasteiger charge is -2.29. The fraction of sp³-hybridized carbons (Fsp3) is 0.750. The van der Waals surface area contributed by atoms with Gasteiger partial charge in [-0.15, -0.1) is 4.28 Å². The molecule has 0 saturated carbocycles. The Morgan fingerprint density at radius 1 is 1.20 bits per heavy atom. The molecule has 4 N–H and O–H groups in total. The summed E-state index contributed by atoms with van der Waals surface area (Å²) in [6.45, 7) is 0.826. The Morgan fingerprint density at radius 3 is 2.56 bits per heavy atom. The summed E-state index contributed by atoms with van der Waals surface area (Å²) in [5, 5.41) is 3.55. The summed E-state index contributed by atoms with van der Waals surface area (Å²) < 4.78 is 34.7. The molecule has 12 nitrogen and oxygen atoms in total. The summed E-state index contributed by atoms with van der Waals surface area (Å²) >= 11 is 0. The smallest absolute Gasteiger partial charge is 0.309 e. The topological polar surface area (TPSA) is 157 Å². The molecule has 3 atom stereocenters. The molecular formula is C12H19N5O7S. The van der Waals surface area contributed by atoms with Crippen molar-refractivity contribution in [3.63, 3.8) is 0 Å². The standard InChI is InChI=1S/C12H19N5O7S/c18-10(8-2-1-5-13-8)14-15-11(19)9-4-3-7-6-16(9)12(20)17(7)24-25(21,22)23/h7-9,13H,1-6H2,(H,14,18)(H,15,19)(H,21,22,23)/t7-,8-,9-/m1/s1. The van der Waals surface area contributed by atoms with Crippen molar-refractivity contribution in [2.75, 3.05) is 13.1 Å². The Kier molecular flexibility index (Phi) is 4.81. The number of carbonyl (C=O) groups is 3. The van der Waals surface area contributed by atoms with Gasteiger partial charge in [-0.3, -0.25) is 25.0 Å². The molecule has 2 bridgehead atoms. The molecule has 0 aromatic heterocycles. The maximum atomic E-state index is 12.3. The van der Waals surface area contributed by atoms with Crippen LogP contribution in [0.4, 0.5) is 4.79 Å². The number of piperidine rings is 1. The zero-order chi connectivity index (χ0) is 18.2. The van der Waals surface area contributed by atoms with Gasteiger partial charge < -0.3 is 10.2 Å². The first-order chi connectivity index (χ1) is 11.8. The molecule has 4 amide bonds. The van der Waals surface area contributed by atoms with Crippen molar-refractivity contribution >= 4 is 28.2 Å². The molecule has 0 aliphatic carbocycles. The first-order valence-corrected chi connectivity index (χ1v) is 9.23. The fourth-order valence-electron chi connectivity index (χ4n) is 3.31. The van der Waals surface area contributed by atoms with Gasteiger partial charge in [0.2, 0.25) is 0 Å². The predicted molar refractivity (Wildman–Crippen MR) is 80.7 cm³/mol. The number of nitrogens with one attached hydrogen (secondary N) is 3. The zero-order valence-electron chi connectivity index (χ0n) is 13.2. The first-order valence-electron chi connectivity index (χ1n) is 7.86. The van der Waals surface area contributed by atoms with Crippen LogP contribution in [0.1, 0.15) is 25.7 Å². The van der Waals surface area contributed by atoms with Gasteiger partial charge in [0, 0.05) is 6.54 Å². The van der Waals surface area contributed by atoms with Crippen LogP contribution in [0, 0.1) is 0 Å². The van der Waals surface area contributed by atoms with E-state index in [2.05, 4.69) is 20.5 Å². The number of rotatable bonds is 4. The van der Waals surface area contributed by atoms with Crippen LogP contribution in [-0.2, 0) is 24.3 Å². The number of hydrazine groups is 1. The minimum absolute atomic E-state index is 0.0879. The number of nitrogens with zero attached hydrogens (tertiary/aromatic N) is 2. The molecule has 0 unspecified atom stereocenters. The highest BCUT2D eigenvalue weighted by molar-refractivity contribution is 7.80. The van der Waals surface area contributed by atoms with Gasteiger partial charge in [-0.25, -0.2) is 4.79 Å².